The first-order valence-corrected chi connectivity index (χ1v) is 16.0. The molecular weight excluding hydrogens is 573 g/mol. The summed E-state index contributed by atoms with van der Waals surface area (Å²) < 4.78 is 7.19. The third kappa shape index (κ3) is 3.82. The van der Waals surface area contributed by atoms with Crippen LogP contribution in [0.1, 0.15) is 0 Å². The molecule has 0 saturated carbocycles. The largest absolute Gasteiger partial charge is 0.412 e. The van der Waals surface area contributed by atoms with Crippen molar-refractivity contribution < 1.29 is 5.48 Å². The fourth-order valence-corrected chi connectivity index (χ4v) is 9.35. The molecule has 6 aromatic carbocycles. The molecule has 5 heteroatoms. The highest BCUT2D eigenvalue weighted by atomic mass is 32.1. The van der Waals surface area contributed by atoms with Crippen molar-refractivity contribution in [3.63, 3.8) is 0 Å². The standard InChI is InChI=1S/C37H20OS3.H2O/c38-37-29-17-21(23-9-13-27-25-5-1-3-7-31(25)40-35(27)19-23)11-15-33(29)39-34-16-12-22(18-30(34)37)24-10-14-28-26-6-2-4-8-32(26)41-36(28)20-24;/h1-20H;1H2. The van der Waals surface area contributed by atoms with E-state index in [-0.39, 0.29) is 10.9 Å². The van der Waals surface area contributed by atoms with Crippen LogP contribution in [0.15, 0.2) is 126 Å². The Hall–Kier alpha value is -4.39. The molecule has 9 rings (SSSR count). The average molecular weight is 595 g/mol. The minimum atomic E-state index is 0. The van der Waals surface area contributed by atoms with E-state index in [4.69, 9.17) is 0 Å². The molecule has 42 heavy (non-hydrogen) atoms. The quantitative estimate of drug-likeness (QED) is 0.184. The van der Waals surface area contributed by atoms with Crippen LogP contribution >= 0.6 is 34.0 Å². The SMILES string of the molecule is O.O=c1c2cc(-c3ccc4c(c3)sc3ccccc34)ccc2sc2ccc(-c3ccc4c(c3)sc3ccccc34)cc12. The second-order valence-corrected chi connectivity index (χ2v) is 13.7. The molecule has 0 saturated heterocycles. The Morgan fingerprint density at radius 3 is 1.19 bits per heavy atom. The van der Waals surface area contributed by atoms with E-state index in [1.165, 1.54) is 40.3 Å². The van der Waals surface area contributed by atoms with Crippen molar-refractivity contribution >= 4 is 94.5 Å². The van der Waals surface area contributed by atoms with E-state index in [1.54, 1.807) is 11.3 Å². The zero-order valence-electron chi connectivity index (χ0n) is 22.2. The molecule has 0 amide bonds. The van der Waals surface area contributed by atoms with Gasteiger partial charge in [-0.15, -0.1) is 34.0 Å². The van der Waals surface area contributed by atoms with Crippen LogP contribution in [-0.4, -0.2) is 5.48 Å². The molecule has 0 radical (unpaired) electrons. The molecule has 3 aromatic heterocycles. The number of rotatable bonds is 2. The summed E-state index contributed by atoms with van der Waals surface area (Å²) in [5.74, 6) is 0. The van der Waals surface area contributed by atoms with E-state index in [1.807, 2.05) is 22.7 Å². The van der Waals surface area contributed by atoms with Crippen molar-refractivity contribution in [1.29, 1.82) is 0 Å². The van der Waals surface area contributed by atoms with Gasteiger partial charge in [-0.3, -0.25) is 4.79 Å². The highest BCUT2D eigenvalue weighted by molar-refractivity contribution is 7.26. The number of fused-ring (bicyclic) bond motifs is 8. The second kappa shape index (κ2) is 9.58. The molecule has 0 spiro atoms. The van der Waals surface area contributed by atoms with Crippen molar-refractivity contribution in [3.8, 4) is 22.3 Å². The lowest BCUT2D eigenvalue weighted by molar-refractivity contribution is 0.824. The predicted octanol–water partition coefficient (Wildman–Crippen LogP) is 10.7. The molecule has 2 N–H and O–H groups in total. The summed E-state index contributed by atoms with van der Waals surface area (Å²) in [4.78, 5) is 13.9. The van der Waals surface area contributed by atoms with Crippen molar-refractivity contribution in [2.75, 3.05) is 0 Å². The van der Waals surface area contributed by atoms with E-state index in [2.05, 4.69) is 121 Å². The van der Waals surface area contributed by atoms with Crippen LogP contribution in [0.3, 0.4) is 0 Å². The maximum atomic E-state index is 13.9. The van der Waals surface area contributed by atoms with Gasteiger partial charge >= 0.3 is 0 Å². The maximum Gasteiger partial charge on any atom is 0.195 e. The zero-order chi connectivity index (χ0) is 27.1. The third-order valence-electron chi connectivity index (χ3n) is 8.09. The van der Waals surface area contributed by atoms with Crippen LogP contribution < -0.4 is 5.43 Å². The average Bonchev–Trinajstić information content (AvgIpc) is 3.58. The van der Waals surface area contributed by atoms with Crippen LogP contribution in [-0.2, 0) is 0 Å². The minimum Gasteiger partial charge on any atom is -0.412 e. The third-order valence-corrected chi connectivity index (χ3v) is 11.5. The lowest BCUT2D eigenvalue weighted by Crippen LogP contribution is -2.01. The van der Waals surface area contributed by atoms with Crippen molar-refractivity contribution in [1.82, 2.24) is 0 Å². The Bertz CT molecular complexity index is 2390. The first kappa shape index (κ1) is 25.3. The van der Waals surface area contributed by atoms with Gasteiger partial charge in [0.1, 0.15) is 0 Å². The Labute approximate surface area is 252 Å². The number of hydrogen-bond acceptors (Lipinski definition) is 4. The molecule has 0 fully saturated rings. The van der Waals surface area contributed by atoms with Crippen molar-refractivity contribution in [2.45, 2.75) is 0 Å². The van der Waals surface area contributed by atoms with Crippen LogP contribution in [0.2, 0.25) is 0 Å². The number of benzene rings is 6. The molecule has 0 bridgehead atoms. The summed E-state index contributed by atoms with van der Waals surface area (Å²) in [6.45, 7) is 0. The summed E-state index contributed by atoms with van der Waals surface area (Å²) in [6.07, 6.45) is 0. The van der Waals surface area contributed by atoms with E-state index < -0.39 is 0 Å². The van der Waals surface area contributed by atoms with Crippen molar-refractivity contribution in [3.05, 3.63) is 132 Å². The second-order valence-electron chi connectivity index (χ2n) is 10.5. The Balaban J connectivity index is 0.00000267. The molecule has 0 aliphatic carbocycles. The summed E-state index contributed by atoms with van der Waals surface area (Å²) in [6, 6.07) is 43.1. The minimum absolute atomic E-state index is 0. The first-order chi connectivity index (χ1) is 20.2. The molecule has 2 nitrogen and oxygen atoms in total. The fraction of sp³-hybridized carbons (Fsp3) is 0. The van der Waals surface area contributed by atoms with Crippen LogP contribution in [0.5, 0.6) is 0 Å². The molecule has 0 aliphatic rings. The van der Waals surface area contributed by atoms with Gasteiger partial charge in [0, 0.05) is 60.5 Å². The lowest BCUT2D eigenvalue weighted by atomic mass is 10.0. The molecule has 3 heterocycles. The van der Waals surface area contributed by atoms with Gasteiger partial charge in [-0.25, -0.2) is 0 Å². The molecule has 200 valence electrons. The van der Waals surface area contributed by atoms with Gasteiger partial charge in [0.25, 0.3) is 0 Å². The van der Waals surface area contributed by atoms with E-state index >= 15 is 0 Å². The summed E-state index contributed by atoms with van der Waals surface area (Å²) in [7, 11) is 0. The zero-order valence-corrected chi connectivity index (χ0v) is 24.6. The smallest absolute Gasteiger partial charge is 0.195 e. The normalized spacial score (nSPS) is 11.7. The highest BCUT2D eigenvalue weighted by Gasteiger charge is 2.12. The highest BCUT2D eigenvalue weighted by Crippen LogP contribution is 2.39. The molecule has 0 aliphatic heterocycles. The van der Waals surface area contributed by atoms with Gasteiger partial charge in [0.05, 0.1) is 0 Å². The van der Waals surface area contributed by atoms with E-state index in [0.29, 0.717) is 0 Å². The number of thiophene rings is 2. The van der Waals surface area contributed by atoms with Gasteiger partial charge in [0.15, 0.2) is 5.43 Å². The van der Waals surface area contributed by atoms with E-state index in [9.17, 15) is 4.79 Å². The van der Waals surface area contributed by atoms with Gasteiger partial charge in [0.2, 0.25) is 0 Å². The molecule has 0 atom stereocenters. The number of hydrogen-bond donors (Lipinski definition) is 0. The van der Waals surface area contributed by atoms with Crippen molar-refractivity contribution in [2.24, 2.45) is 0 Å². The fourth-order valence-electron chi connectivity index (χ4n) is 6.03. The summed E-state index contributed by atoms with van der Waals surface area (Å²) in [5, 5.41) is 6.75. The Morgan fingerprint density at radius 2 is 0.690 bits per heavy atom. The topological polar surface area (TPSA) is 48.6 Å². The maximum absolute atomic E-state index is 13.9. The van der Waals surface area contributed by atoms with Crippen LogP contribution in [0, 0.1) is 0 Å². The summed E-state index contributed by atoms with van der Waals surface area (Å²) in [5.41, 5.74) is 4.53. The van der Waals surface area contributed by atoms with Crippen LogP contribution in [0.25, 0.3) is 82.8 Å². The Morgan fingerprint density at radius 1 is 0.333 bits per heavy atom. The van der Waals surface area contributed by atoms with E-state index in [0.717, 1.165) is 42.4 Å². The lowest BCUT2D eigenvalue weighted by Gasteiger charge is -2.08. The van der Waals surface area contributed by atoms with Gasteiger partial charge in [-0.2, -0.15) is 0 Å². The van der Waals surface area contributed by atoms with Crippen LogP contribution in [0.4, 0.5) is 0 Å². The molecular formula is C37H22O2S3. The predicted molar refractivity (Wildman–Crippen MR) is 186 cm³/mol. The summed E-state index contributed by atoms with van der Waals surface area (Å²) >= 11 is 5.33. The monoisotopic (exact) mass is 594 g/mol. The first-order valence-electron chi connectivity index (χ1n) is 13.5. The Kier molecular flexibility index (Phi) is 5.78. The van der Waals surface area contributed by atoms with Gasteiger partial charge in [-0.1, -0.05) is 72.8 Å². The molecule has 9 aromatic rings. The molecule has 0 unspecified atom stereocenters. The van der Waals surface area contributed by atoms with Gasteiger partial charge < -0.3 is 5.48 Å². The van der Waals surface area contributed by atoms with Gasteiger partial charge in [-0.05, 0) is 70.8 Å².